The summed E-state index contributed by atoms with van der Waals surface area (Å²) in [6.45, 7) is 4.01. The molecule has 2 N–H and O–H groups in total. The number of hydrogen-bond donors (Lipinski definition) is 2. The van der Waals surface area contributed by atoms with E-state index in [9.17, 15) is 9.59 Å². The fourth-order valence-corrected chi connectivity index (χ4v) is 3.65. The third-order valence-corrected chi connectivity index (χ3v) is 5.25. The van der Waals surface area contributed by atoms with Gasteiger partial charge >= 0.3 is 0 Å². The van der Waals surface area contributed by atoms with Crippen LogP contribution < -0.4 is 15.4 Å². The van der Waals surface area contributed by atoms with Gasteiger partial charge in [0.1, 0.15) is 17.6 Å². The predicted octanol–water partition coefficient (Wildman–Crippen LogP) is 3.95. The smallest absolute Gasteiger partial charge is 0.251 e. The molecule has 1 unspecified atom stereocenters. The second kappa shape index (κ2) is 8.02. The molecule has 154 valence electrons. The van der Waals surface area contributed by atoms with Crippen LogP contribution in [-0.2, 0) is 16.0 Å². The van der Waals surface area contributed by atoms with Crippen LogP contribution in [0.25, 0.3) is 11.1 Å². The Hall–Kier alpha value is -3.61. The van der Waals surface area contributed by atoms with Gasteiger partial charge in [-0.05, 0) is 43.2 Å². The average Bonchev–Trinajstić information content (AvgIpc) is 3.25. The number of rotatable bonds is 6. The van der Waals surface area contributed by atoms with Gasteiger partial charge in [-0.25, -0.2) is 4.68 Å². The Morgan fingerprint density at radius 2 is 1.87 bits per heavy atom. The van der Waals surface area contributed by atoms with Crippen molar-refractivity contribution < 1.29 is 14.3 Å². The number of aryl methyl sites for hydroxylation is 2. The summed E-state index contributed by atoms with van der Waals surface area (Å²) in [5.74, 6) is 0.936. The molecule has 3 aromatic rings. The molecule has 7 heteroatoms. The Labute approximate surface area is 175 Å². The van der Waals surface area contributed by atoms with E-state index in [4.69, 9.17) is 4.74 Å². The Morgan fingerprint density at radius 1 is 1.17 bits per heavy atom. The third kappa shape index (κ3) is 3.66. The number of hydrogen-bond acceptors (Lipinski definition) is 4. The first kappa shape index (κ1) is 19.7. The van der Waals surface area contributed by atoms with E-state index in [2.05, 4.69) is 15.7 Å². The molecule has 7 nitrogen and oxygen atoms in total. The molecule has 0 saturated carbocycles. The SMILES string of the molecule is CCc1nn2c(c1-c1ccc(OC)cc1)NC(=O)C2CC(=O)Nc1ccc(C)cc1. The monoisotopic (exact) mass is 404 g/mol. The van der Waals surface area contributed by atoms with Crippen molar-refractivity contribution in [2.45, 2.75) is 32.7 Å². The number of anilines is 2. The first-order valence-corrected chi connectivity index (χ1v) is 9.93. The van der Waals surface area contributed by atoms with Gasteiger partial charge in [0.15, 0.2) is 0 Å². The Balaban J connectivity index is 1.59. The standard InChI is InChI=1S/C23H24N4O3/c1-4-18-21(15-7-11-17(30-3)12-8-15)22-25-23(29)19(27(22)26-18)13-20(28)24-16-9-5-14(2)6-10-16/h5-12,19H,4,13H2,1-3H3,(H,24,28)(H,25,29). The van der Waals surface area contributed by atoms with Crippen molar-refractivity contribution in [1.82, 2.24) is 9.78 Å². The number of ether oxygens (including phenoxy) is 1. The van der Waals surface area contributed by atoms with Crippen molar-refractivity contribution in [2.24, 2.45) is 0 Å². The van der Waals surface area contributed by atoms with Crippen molar-refractivity contribution in [3.63, 3.8) is 0 Å². The van der Waals surface area contributed by atoms with Crippen molar-refractivity contribution in [3.05, 3.63) is 59.8 Å². The predicted molar refractivity (Wildman–Crippen MR) is 116 cm³/mol. The highest BCUT2D eigenvalue weighted by Gasteiger charge is 2.36. The molecule has 1 atom stereocenters. The van der Waals surface area contributed by atoms with E-state index in [1.54, 1.807) is 11.8 Å². The minimum absolute atomic E-state index is 0.0135. The molecule has 0 bridgehead atoms. The molecule has 4 rings (SSSR count). The zero-order valence-corrected chi connectivity index (χ0v) is 17.2. The fraction of sp³-hybridized carbons (Fsp3) is 0.261. The number of carbonyl (C=O) groups is 2. The molecule has 30 heavy (non-hydrogen) atoms. The average molecular weight is 404 g/mol. The van der Waals surface area contributed by atoms with Gasteiger partial charge in [-0.1, -0.05) is 36.8 Å². The lowest BCUT2D eigenvalue weighted by Crippen LogP contribution is -2.23. The van der Waals surface area contributed by atoms with Gasteiger partial charge in [0.2, 0.25) is 5.91 Å². The summed E-state index contributed by atoms with van der Waals surface area (Å²) in [5, 5.41) is 10.4. The number of benzene rings is 2. The van der Waals surface area contributed by atoms with E-state index in [1.165, 1.54) is 0 Å². The van der Waals surface area contributed by atoms with Crippen molar-refractivity contribution in [2.75, 3.05) is 17.7 Å². The molecule has 1 aliphatic rings. The van der Waals surface area contributed by atoms with E-state index >= 15 is 0 Å². The molecule has 1 aromatic heterocycles. The molecular formula is C23H24N4O3. The van der Waals surface area contributed by atoms with E-state index in [1.807, 2.05) is 62.4 Å². The molecule has 0 aliphatic carbocycles. The van der Waals surface area contributed by atoms with Crippen LogP contribution in [0, 0.1) is 6.92 Å². The van der Waals surface area contributed by atoms with E-state index in [0.717, 1.165) is 28.1 Å². The molecule has 0 spiro atoms. The Morgan fingerprint density at radius 3 is 2.50 bits per heavy atom. The largest absolute Gasteiger partial charge is 0.497 e. The Kier molecular flexibility index (Phi) is 5.27. The molecular weight excluding hydrogens is 380 g/mol. The number of aromatic nitrogens is 2. The molecule has 0 saturated heterocycles. The summed E-state index contributed by atoms with van der Waals surface area (Å²) in [5.41, 5.74) is 4.52. The Bertz CT molecular complexity index is 1080. The highest BCUT2D eigenvalue weighted by atomic mass is 16.5. The zero-order valence-electron chi connectivity index (χ0n) is 17.2. The summed E-state index contributed by atoms with van der Waals surface area (Å²) < 4.78 is 6.88. The van der Waals surface area contributed by atoms with Crippen LogP contribution >= 0.6 is 0 Å². The molecule has 2 amide bonds. The molecule has 1 aliphatic heterocycles. The fourth-order valence-electron chi connectivity index (χ4n) is 3.65. The normalized spacial score (nSPS) is 14.9. The third-order valence-electron chi connectivity index (χ3n) is 5.25. The van der Waals surface area contributed by atoms with Crippen molar-refractivity contribution in [3.8, 4) is 16.9 Å². The summed E-state index contributed by atoms with van der Waals surface area (Å²) in [7, 11) is 1.62. The first-order chi connectivity index (χ1) is 14.5. The number of fused-ring (bicyclic) bond motifs is 1. The minimum atomic E-state index is -0.678. The van der Waals surface area contributed by atoms with Crippen LogP contribution in [0.15, 0.2) is 48.5 Å². The maximum atomic E-state index is 12.6. The number of amides is 2. The van der Waals surface area contributed by atoms with E-state index in [0.29, 0.717) is 17.9 Å². The van der Waals surface area contributed by atoms with Crippen LogP contribution in [0.3, 0.4) is 0 Å². The van der Waals surface area contributed by atoms with Crippen LogP contribution in [0.2, 0.25) is 0 Å². The molecule has 0 radical (unpaired) electrons. The lowest BCUT2D eigenvalue weighted by Gasteiger charge is -2.10. The first-order valence-electron chi connectivity index (χ1n) is 9.93. The molecule has 2 heterocycles. The second-order valence-corrected chi connectivity index (χ2v) is 7.32. The molecule has 2 aromatic carbocycles. The van der Waals surface area contributed by atoms with Crippen LogP contribution in [0.1, 0.15) is 30.6 Å². The lowest BCUT2D eigenvalue weighted by molar-refractivity contribution is -0.123. The lowest BCUT2D eigenvalue weighted by atomic mass is 10.0. The van der Waals surface area contributed by atoms with Gasteiger partial charge in [0.25, 0.3) is 5.91 Å². The number of methoxy groups -OCH3 is 1. The van der Waals surface area contributed by atoms with Gasteiger partial charge in [-0.3, -0.25) is 9.59 Å². The number of carbonyl (C=O) groups excluding carboxylic acids is 2. The van der Waals surface area contributed by atoms with E-state index in [-0.39, 0.29) is 18.2 Å². The minimum Gasteiger partial charge on any atom is -0.497 e. The summed E-state index contributed by atoms with van der Waals surface area (Å²) >= 11 is 0. The van der Waals surface area contributed by atoms with Crippen LogP contribution in [-0.4, -0.2) is 28.7 Å². The highest BCUT2D eigenvalue weighted by molar-refractivity contribution is 6.04. The van der Waals surface area contributed by atoms with Crippen LogP contribution in [0.5, 0.6) is 5.75 Å². The maximum absolute atomic E-state index is 12.6. The topological polar surface area (TPSA) is 85.2 Å². The van der Waals surface area contributed by atoms with Crippen molar-refractivity contribution in [1.29, 1.82) is 0 Å². The van der Waals surface area contributed by atoms with Gasteiger partial charge < -0.3 is 15.4 Å². The van der Waals surface area contributed by atoms with Crippen LogP contribution in [0.4, 0.5) is 11.5 Å². The summed E-state index contributed by atoms with van der Waals surface area (Å²) in [4.78, 5) is 25.2. The zero-order chi connectivity index (χ0) is 21.3. The maximum Gasteiger partial charge on any atom is 0.251 e. The molecule has 0 fully saturated rings. The number of nitrogens with zero attached hydrogens (tertiary/aromatic N) is 2. The highest BCUT2D eigenvalue weighted by Crippen LogP contribution is 2.39. The summed E-state index contributed by atoms with van der Waals surface area (Å²) in [6, 6.07) is 14.5. The van der Waals surface area contributed by atoms with Crippen molar-refractivity contribution >= 4 is 23.3 Å². The van der Waals surface area contributed by atoms with Gasteiger partial charge in [0, 0.05) is 11.3 Å². The van der Waals surface area contributed by atoms with E-state index < -0.39 is 6.04 Å². The van der Waals surface area contributed by atoms with Gasteiger partial charge in [0.05, 0.1) is 19.2 Å². The van der Waals surface area contributed by atoms with Gasteiger partial charge in [-0.15, -0.1) is 0 Å². The summed E-state index contributed by atoms with van der Waals surface area (Å²) in [6.07, 6.45) is 0.721. The second-order valence-electron chi connectivity index (χ2n) is 7.32. The number of nitrogens with one attached hydrogen (secondary N) is 2. The quantitative estimate of drug-likeness (QED) is 0.651. The van der Waals surface area contributed by atoms with Gasteiger partial charge in [-0.2, -0.15) is 5.10 Å².